The highest BCUT2D eigenvalue weighted by molar-refractivity contribution is 6.39. The predicted molar refractivity (Wildman–Crippen MR) is 176 cm³/mol. The number of anilines is 1. The fraction of sp³-hybridized carbons (Fsp3) is 0.263. The van der Waals surface area contributed by atoms with Crippen LogP contribution in [0.3, 0.4) is 0 Å². The molecule has 0 spiro atoms. The minimum absolute atomic E-state index is 0.192. The maximum atomic E-state index is 13.1. The Bertz CT molecular complexity index is 1620. The molecule has 2 aliphatic rings. The Balaban J connectivity index is 1.18. The standard InChI is InChI=1S/C38H40N2O4/c1-5-40(24-6-7-28-10-8-27(2)9-11-28)32-18-14-30(15-19-32)36-37(41)35(38(36)42)29-12-16-31(17-13-29)39(3)25-26-44-34-22-20-33(43-4)21-23-34/h8-23H,5-7,24-26H2,1-4H3. The van der Waals surface area contributed by atoms with Crippen LogP contribution in [0, 0.1) is 6.92 Å². The summed E-state index contributed by atoms with van der Waals surface area (Å²) >= 11 is 0. The maximum absolute atomic E-state index is 13.1. The number of ketones is 1. The van der Waals surface area contributed by atoms with E-state index in [1.165, 1.54) is 11.1 Å². The Morgan fingerprint density at radius 3 is 2.11 bits per heavy atom. The van der Waals surface area contributed by atoms with E-state index >= 15 is 0 Å². The molecule has 0 N–H and O–H groups in total. The van der Waals surface area contributed by atoms with Crippen LogP contribution in [-0.4, -0.2) is 56.5 Å². The average Bonchev–Trinajstić information content (AvgIpc) is 3.05. The first-order valence-electron chi connectivity index (χ1n) is 15.2. The number of Topliss-reactive ketones (excluding diaryl/α,β-unsaturated/α-hetero) is 1. The molecule has 226 valence electrons. The largest absolute Gasteiger partial charge is 0.871 e. The van der Waals surface area contributed by atoms with Crippen LogP contribution < -0.4 is 19.5 Å². The Hall–Kier alpha value is -4.84. The van der Waals surface area contributed by atoms with Gasteiger partial charge in [-0.3, -0.25) is 4.79 Å². The van der Waals surface area contributed by atoms with Gasteiger partial charge in [0.2, 0.25) is 0 Å². The molecule has 0 bridgehead atoms. The molecule has 0 atom stereocenters. The molecule has 0 aliphatic heterocycles. The van der Waals surface area contributed by atoms with Gasteiger partial charge in [0.05, 0.1) is 7.11 Å². The summed E-state index contributed by atoms with van der Waals surface area (Å²) in [5.41, 5.74) is 6.56. The summed E-state index contributed by atoms with van der Waals surface area (Å²) in [6.45, 7) is 7.27. The van der Waals surface area contributed by atoms with Crippen molar-refractivity contribution < 1.29 is 24.0 Å². The zero-order valence-corrected chi connectivity index (χ0v) is 26.0. The van der Waals surface area contributed by atoms with Gasteiger partial charge in [0.15, 0.2) is 18.0 Å². The topological polar surface area (TPSA) is 64.8 Å². The summed E-state index contributed by atoms with van der Waals surface area (Å²) in [6, 6.07) is 24.0. The molecule has 44 heavy (non-hydrogen) atoms. The van der Waals surface area contributed by atoms with Crippen molar-refractivity contribution >= 4 is 22.8 Å². The summed E-state index contributed by atoms with van der Waals surface area (Å²) in [7, 11) is 3.62. The van der Waals surface area contributed by atoms with Crippen LogP contribution >= 0.6 is 0 Å². The number of allylic oxidation sites excluding steroid dienone is 7. The summed E-state index contributed by atoms with van der Waals surface area (Å²) in [4.78, 5) is 15.5. The number of benzene rings is 3. The maximum Gasteiger partial charge on any atom is 0.199 e. The quantitative estimate of drug-likeness (QED) is 0.201. The highest BCUT2D eigenvalue weighted by atomic mass is 16.5. The van der Waals surface area contributed by atoms with Crippen molar-refractivity contribution in [2.75, 3.05) is 45.3 Å². The lowest BCUT2D eigenvalue weighted by molar-refractivity contribution is -0.497. The predicted octanol–water partition coefficient (Wildman–Crippen LogP) is 5.70. The van der Waals surface area contributed by atoms with Crippen molar-refractivity contribution in [3.05, 3.63) is 131 Å². The summed E-state index contributed by atoms with van der Waals surface area (Å²) in [5, 5.41) is 13.1. The lowest BCUT2D eigenvalue weighted by Crippen LogP contribution is -2.30. The molecule has 0 heterocycles. The van der Waals surface area contributed by atoms with Gasteiger partial charge in [0.25, 0.3) is 0 Å². The van der Waals surface area contributed by atoms with Crippen LogP contribution in [-0.2, 0) is 11.2 Å². The number of aryl methyl sites for hydroxylation is 2. The fourth-order valence-corrected chi connectivity index (χ4v) is 5.44. The Kier molecular flexibility index (Phi) is 9.80. The Labute approximate surface area is 260 Å². The highest BCUT2D eigenvalue weighted by Gasteiger charge is 2.30. The van der Waals surface area contributed by atoms with Gasteiger partial charge in [0.1, 0.15) is 25.2 Å². The molecule has 0 saturated heterocycles. The molecule has 0 unspecified atom stereocenters. The van der Waals surface area contributed by atoms with E-state index in [0.29, 0.717) is 24.3 Å². The number of hydrogen-bond acceptors (Lipinski definition) is 5. The molecule has 3 aromatic rings. The number of likely N-dealkylation sites (N-methyl/N-ethyl adjacent to an activating group) is 1. The molecule has 2 aliphatic carbocycles. The number of ether oxygens (including phenoxy) is 2. The van der Waals surface area contributed by atoms with Crippen LogP contribution in [0.25, 0.3) is 5.57 Å². The van der Waals surface area contributed by atoms with E-state index in [2.05, 4.69) is 47.6 Å². The van der Waals surface area contributed by atoms with Crippen LogP contribution in [0.15, 0.2) is 114 Å². The third-order valence-corrected chi connectivity index (χ3v) is 8.18. The number of rotatable bonds is 12. The molecular weight excluding hydrogens is 548 g/mol. The third-order valence-electron chi connectivity index (χ3n) is 8.18. The molecule has 0 aromatic heterocycles. The van der Waals surface area contributed by atoms with Gasteiger partial charge >= 0.3 is 0 Å². The van der Waals surface area contributed by atoms with Crippen LogP contribution in [0.4, 0.5) is 5.69 Å². The zero-order chi connectivity index (χ0) is 31.1. The second kappa shape index (κ2) is 14.1. The molecule has 0 fully saturated rings. The normalized spacial score (nSPS) is 14.2. The highest BCUT2D eigenvalue weighted by Crippen LogP contribution is 2.37. The minimum Gasteiger partial charge on any atom is -0.871 e. The molecule has 5 rings (SSSR count). The monoisotopic (exact) mass is 588 g/mol. The minimum atomic E-state index is -0.192. The van der Waals surface area contributed by atoms with Crippen molar-refractivity contribution in [1.29, 1.82) is 0 Å². The van der Waals surface area contributed by atoms with Crippen molar-refractivity contribution in [3.63, 3.8) is 0 Å². The molecule has 0 amide bonds. The molecule has 0 saturated carbocycles. The average molecular weight is 589 g/mol. The summed E-state index contributed by atoms with van der Waals surface area (Å²) < 4.78 is 13.1. The van der Waals surface area contributed by atoms with E-state index < -0.39 is 0 Å². The van der Waals surface area contributed by atoms with Crippen molar-refractivity contribution in [2.45, 2.75) is 26.7 Å². The fourth-order valence-electron chi connectivity index (χ4n) is 5.44. The van der Waals surface area contributed by atoms with E-state index in [1.54, 1.807) is 7.11 Å². The van der Waals surface area contributed by atoms with Crippen LogP contribution in [0.5, 0.6) is 11.5 Å². The second-order valence-electron chi connectivity index (χ2n) is 11.1. The van der Waals surface area contributed by atoms with Gasteiger partial charge < -0.3 is 19.5 Å². The Morgan fingerprint density at radius 1 is 0.841 bits per heavy atom. The lowest BCUT2D eigenvalue weighted by atomic mass is 9.80. The number of carbonyl (C=O) groups is 1. The van der Waals surface area contributed by atoms with Gasteiger partial charge in [-0.05, 0) is 91.9 Å². The molecule has 0 radical (unpaired) electrons. The first-order valence-corrected chi connectivity index (χ1v) is 15.2. The van der Waals surface area contributed by atoms with Gasteiger partial charge in [-0.15, -0.1) is 0 Å². The van der Waals surface area contributed by atoms with Crippen LogP contribution in [0.2, 0.25) is 0 Å². The first kappa shape index (κ1) is 30.6. The molecule has 6 heteroatoms. The van der Waals surface area contributed by atoms with Crippen LogP contribution in [0.1, 0.15) is 30.0 Å². The van der Waals surface area contributed by atoms with Gasteiger partial charge in [-0.1, -0.05) is 47.7 Å². The first-order chi connectivity index (χ1) is 21.4. The number of nitrogens with zero attached hydrogens (tertiary/aromatic N) is 2. The van der Waals surface area contributed by atoms with E-state index in [1.807, 2.05) is 79.9 Å². The summed E-state index contributed by atoms with van der Waals surface area (Å²) in [6.07, 6.45) is 9.64. The van der Waals surface area contributed by atoms with Crippen molar-refractivity contribution in [2.24, 2.45) is 0 Å². The van der Waals surface area contributed by atoms with E-state index in [-0.39, 0.29) is 22.7 Å². The summed E-state index contributed by atoms with van der Waals surface area (Å²) in [5.74, 6) is 1.19. The second-order valence-corrected chi connectivity index (χ2v) is 11.1. The van der Waals surface area contributed by atoms with Gasteiger partial charge in [-0.2, -0.15) is 0 Å². The van der Waals surface area contributed by atoms with Gasteiger partial charge in [0, 0.05) is 42.1 Å². The number of hydrogen-bond donors (Lipinski definition) is 0. The van der Waals surface area contributed by atoms with Crippen molar-refractivity contribution in [1.82, 2.24) is 0 Å². The lowest BCUT2D eigenvalue weighted by Gasteiger charge is -2.32. The Morgan fingerprint density at radius 2 is 1.50 bits per heavy atom. The van der Waals surface area contributed by atoms with E-state index in [0.717, 1.165) is 48.8 Å². The SMILES string of the molecule is CCN(CCCc1ccc(C)cc1)c1ccc(C2=C([O-])C(=C3C=CC(=[N+](C)CCOc4ccc(OC)cc4)C=C3)C2=O)cc1. The zero-order valence-electron chi connectivity index (χ0n) is 26.0. The molecule has 3 aromatic carbocycles. The number of methoxy groups -OCH3 is 1. The number of carbonyl (C=O) groups excluding carboxylic acids is 1. The van der Waals surface area contributed by atoms with Gasteiger partial charge in [-0.25, -0.2) is 4.58 Å². The van der Waals surface area contributed by atoms with Crippen molar-refractivity contribution in [3.8, 4) is 11.5 Å². The third kappa shape index (κ3) is 7.03. The molecule has 6 nitrogen and oxygen atoms in total. The smallest absolute Gasteiger partial charge is 0.199 e. The molecular formula is C38H40N2O4. The van der Waals surface area contributed by atoms with E-state index in [9.17, 15) is 9.90 Å². The van der Waals surface area contributed by atoms with E-state index in [4.69, 9.17) is 9.47 Å².